The zero-order valence-electron chi connectivity index (χ0n) is 31.3. The smallest absolute Gasteiger partial charge is 0.289 e. The van der Waals surface area contributed by atoms with Gasteiger partial charge in [-0.2, -0.15) is 54.0 Å². The number of hydrogen-bond acceptors (Lipinski definition) is 8. The number of carbonyl (C=O) groups is 6. The molecule has 0 bridgehead atoms. The fourth-order valence-corrected chi connectivity index (χ4v) is 7.87. The highest BCUT2D eigenvalue weighted by atomic mass is 32.1. The van der Waals surface area contributed by atoms with Crippen molar-refractivity contribution in [1.29, 1.82) is 0 Å². The van der Waals surface area contributed by atoms with E-state index >= 15 is 0 Å². The summed E-state index contributed by atoms with van der Waals surface area (Å²) >= 11 is 0. The summed E-state index contributed by atoms with van der Waals surface area (Å²) in [4.78, 5) is 91.4. The Bertz CT molecular complexity index is 1410. The molecule has 4 fully saturated rings. The van der Waals surface area contributed by atoms with Crippen LogP contribution in [-0.4, -0.2) is 86.9 Å². The van der Waals surface area contributed by atoms with Crippen molar-refractivity contribution < 1.29 is 28.8 Å². The van der Waals surface area contributed by atoms with E-state index in [1.807, 2.05) is 27.7 Å². The molecule has 4 N–H and O–H groups in total. The van der Waals surface area contributed by atoms with E-state index in [0.29, 0.717) is 19.4 Å². The van der Waals surface area contributed by atoms with Crippen molar-refractivity contribution in [3.8, 4) is 0 Å². The Balaban J connectivity index is 0.00000562. The maximum atomic E-state index is 14.6. The van der Waals surface area contributed by atoms with Crippen molar-refractivity contribution in [2.75, 3.05) is 6.54 Å². The molecule has 3 saturated carbocycles. The fraction of sp³-hybridized carbons (Fsp3) is 0.730. The van der Waals surface area contributed by atoms with Crippen molar-refractivity contribution in [2.24, 2.45) is 23.2 Å². The van der Waals surface area contributed by atoms with Gasteiger partial charge < -0.3 is 26.2 Å². The van der Waals surface area contributed by atoms with Crippen LogP contribution in [0.25, 0.3) is 0 Å². The highest BCUT2D eigenvalue weighted by molar-refractivity contribution is 7.59. The molecule has 1 aliphatic heterocycles. The Kier molecular flexibility index (Phi) is 21.8. The number of nitrogens with zero attached hydrogens (tertiary/aromatic N) is 3. The van der Waals surface area contributed by atoms with Crippen LogP contribution in [0, 0.1) is 23.2 Å². The van der Waals surface area contributed by atoms with Gasteiger partial charge in [0.05, 0.1) is 12.2 Å². The minimum absolute atomic E-state index is 0. The van der Waals surface area contributed by atoms with E-state index in [0.717, 1.165) is 64.2 Å². The molecular formula is C37H65N7O6S4. The molecule has 0 unspecified atom stereocenters. The van der Waals surface area contributed by atoms with Crippen LogP contribution in [0.5, 0.6) is 0 Å². The van der Waals surface area contributed by atoms with Crippen molar-refractivity contribution >= 4 is 89.3 Å². The van der Waals surface area contributed by atoms with Crippen LogP contribution in [0.2, 0.25) is 0 Å². The maximum absolute atomic E-state index is 14.6. The Morgan fingerprint density at radius 1 is 0.852 bits per heavy atom. The standard InChI is InChI=1S/C36H53N7O6.CH4.4H2S/c1-5-10-25(29(44)34(48)39-23-15-16-23)40-33(47)28-24-14-9-13-22(24)20-43(28)35(49)30(36(2,3)4)42-32(46)27(21-11-7-6-8-12-21)41-31(45)26-19-37-17-18-38-26;;;;;/h17-19,21-25,27-28,30H,5-16,20H2,1-4H3,(H,39,48)(H,40,47)(H,41,45)(H,42,46);1H4;4*1H2/t22-,24-,25-,27+,28+,30-;;;;;/m1...../s1. The molecule has 1 aromatic heterocycles. The van der Waals surface area contributed by atoms with Crippen LogP contribution in [0.15, 0.2) is 18.6 Å². The number of amides is 5. The van der Waals surface area contributed by atoms with Gasteiger partial charge in [-0.1, -0.05) is 67.2 Å². The second kappa shape index (κ2) is 22.9. The molecule has 13 nitrogen and oxygen atoms in total. The van der Waals surface area contributed by atoms with Crippen LogP contribution in [0.1, 0.15) is 123 Å². The van der Waals surface area contributed by atoms with Crippen LogP contribution in [-0.2, 0) is 24.0 Å². The van der Waals surface area contributed by atoms with E-state index in [1.165, 1.54) is 18.6 Å². The summed E-state index contributed by atoms with van der Waals surface area (Å²) in [6, 6.07) is -3.68. The van der Waals surface area contributed by atoms with Gasteiger partial charge in [-0.3, -0.25) is 33.8 Å². The molecular weight excluding hydrogens is 767 g/mol. The summed E-state index contributed by atoms with van der Waals surface area (Å²) in [7, 11) is 0. The van der Waals surface area contributed by atoms with Gasteiger partial charge in [0, 0.05) is 25.0 Å². The number of Topliss-reactive ketones (excluding diaryl/α,β-unsaturated/α-hetero) is 1. The largest absolute Gasteiger partial charge is 0.347 e. The predicted molar refractivity (Wildman–Crippen MR) is 229 cm³/mol. The van der Waals surface area contributed by atoms with Crippen LogP contribution >= 0.6 is 54.0 Å². The van der Waals surface area contributed by atoms with Crippen molar-refractivity contribution in [3.05, 3.63) is 24.3 Å². The van der Waals surface area contributed by atoms with E-state index in [9.17, 15) is 28.8 Å². The Morgan fingerprint density at radius 2 is 1.52 bits per heavy atom. The topological polar surface area (TPSA) is 180 Å². The number of fused-ring (bicyclic) bond motifs is 1. The first kappa shape index (κ1) is 51.5. The highest BCUT2D eigenvalue weighted by Crippen LogP contribution is 2.43. The van der Waals surface area contributed by atoms with Gasteiger partial charge in [0.25, 0.3) is 11.8 Å². The second-order valence-electron chi connectivity index (χ2n) is 15.5. The van der Waals surface area contributed by atoms with Gasteiger partial charge in [0.15, 0.2) is 0 Å². The van der Waals surface area contributed by atoms with Crippen LogP contribution in [0.4, 0.5) is 0 Å². The number of ketones is 1. The Hall–Kier alpha value is -2.50. The SMILES string of the molecule is C.CCC[C@@H](NC(=O)[C@@H]1[C@@H]2CCC[C@@H]2CN1C(=O)[C@@H](NC(=O)[C@@H](NC(=O)c1cnccn1)C1CCCCC1)C(C)(C)C)C(=O)C(=O)NC1CC1.S.S.S.S. The first-order valence-electron chi connectivity index (χ1n) is 18.2. The summed E-state index contributed by atoms with van der Waals surface area (Å²) in [6.45, 7) is 7.85. The average molecular weight is 832 g/mol. The van der Waals surface area contributed by atoms with Gasteiger partial charge in [-0.25, -0.2) is 4.98 Å². The van der Waals surface area contributed by atoms with E-state index in [4.69, 9.17) is 0 Å². The number of aromatic nitrogens is 2. The number of hydrogen-bond donors (Lipinski definition) is 4. The molecule has 17 heteroatoms. The maximum Gasteiger partial charge on any atom is 0.289 e. The van der Waals surface area contributed by atoms with Crippen LogP contribution in [0.3, 0.4) is 0 Å². The van der Waals surface area contributed by atoms with Crippen molar-refractivity contribution in [3.63, 3.8) is 0 Å². The molecule has 3 aliphatic carbocycles. The lowest BCUT2D eigenvalue weighted by molar-refractivity contribution is -0.146. The van der Waals surface area contributed by atoms with Gasteiger partial charge >= 0.3 is 0 Å². The van der Waals surface area contributed by atoms with Crippen molar-refractivity contribution in [1.82, 2.24) is 36.1 Å². The summed E-state index contributed by atoms with van der Waals surface area (Å²) in [5.74, 6) is -3.20. The molecule has 0 radical (unpaired) electrons. The minimum atomic E-state index is -0.994. The fourth-order valence-electron chi connectivity index (χ4n) is 7.87. The third-order valence-corrected chi connectivity index (χ3v) is 10.7. The van der Waals surface area contributed by atoms with Gasteiger partial charge in [0.2, 0.25) is 23.5 Å². The Morgan fingerprint density at radius 3 is 2.09 bits per heavy atom. The van der Waals surface area contributed by atoms with Crippen LogP contribution < -0.4 is 21.3 Å². The van der Waals surface area contributed by atoms with E-state index in [1.54, 1.807) is 4.90 Å². The van der Waals surface area contributed by atoms with E-state index < -0.39 is 59.0 Å². The van der Waals surface area contributed by atoms with E-state index in [-0.39, 0.29) is 96.8 Å². The third-order valence-electron chi connectivity index (χ3n) is 10.7. The molecule has 1 saturated heterocycles. The first-order valence-corrected chi connectivity index (χ1v) is 18.2. The molecule has 54 heavy (non-hydrogen) atoms. The second-order valence-corrected chi connectivity index (χ2v) is 15.5. The third kappa shape index (κ3) is 12.8. The number of rotatable bonds is 13. The normalized spacial score (nSPS) is 22.0. The number of nitrogens with one attached hydrogen (secondary N) is 4. The lowest BCUT2D eigenvalue weighted by atomic mass is 9.82. The summed E-state index contributed by atoms with van der Waals surface area (Å²) in [5, 5.41) is 11.5. The molecule has 5 rings (SSSR count). The molecule has 5 amide bonds. The average Bonchev–Trinajstić information content (AvgIpc) is 3.65. The summed E-state index contributed by atoms with van der Waals surface area (Å²) in [5.41, 5.74) is -0.638. The summed E-state index contributed by atoms with van der Waals surface area (Å²) < 4.78 is 0. The van der Waals surface area contributed by atoms with Gasteiger partial charge in [-0.15, -0.1) is 0 Å². The number of carbonyl (C=O) groups excluding carboxylic acids is 6. The molecule has 0 aromatic carbocycles. The quantitative estimate of drug-likeness (QED) is 0.218. The molecule has 6 atom stereocenters. The minimum Gasteiger partial charge on any atom is -0.347 e. The van der Waals surface area contributed by atoms with E-state index in [2.05, 4.69) is 31.2 Å². The monoisotopic (exact) mass is 831 g/mol. The van der Waals surface area contributed by atoms with Gasteiger partial charge in [0.1, 0.15) is 23.8 Å². The summed E-state index contributed by atoms with van der Waals surface area (Å²) in [6.07, 6.45) is 13.9. The lowest BCUT2D eigenvalue weighted by Crippen LogP contribution is -2.62. The zero-order chi connectivity index (χ0) is 35.3. The highest BCUT2D eigenvalue weighted by Gasteiger charge is 2.52. The van der Waals surface area contributed by atoms with Crippen molar-refractivity contribution in [2.45, 2.75) is 142 Å². The first-order chi connectivity index (χ1) is 23.4. The Labute approximate surface area is 349 Å². The lowest BCUT2D eigenvalue weighted by Gasteiger charge is -2.38. The predicted octanol–water partition coefficient (Wildman–Crippen LogP) is 3.53. The van der Waals surface area contributed by atoms with Gasteiger partial charge in [-0.05, 0) is 68.1 Å². The number of likely N-dealkylation sites (tertiary alicyclic amines) is 1. The zero-order valence-corrected chi connectivity index (χ0v) is 35.3. The molecule has 2 heterocycles. The molecule has 308 valence electrons. The molecule has 1 aromatic rings. The molecule has 0 spiro atoms. The molecule has 4 aliphatic rings.